The first-order chi connectivity index (χ1) is 11.1. The largest absolute Gasteiger partial charge is 0.383 e. The Hall–Kier alpha value is -1.88. The van der Waals surface area contributed by atoms with Gasteiger partial charge in [0.1, 0.15) is 0 Å². The van der Waals surface area contributed by atoms with Crippen LogP contribution in [0.5, 0.6) is 0 Å². The van der Waals surface area contributed by atoms with Gasteiger partial charge in [-0.1, -0.05) is 12.1 Å². The minimum atomic E-state index is -0.00135. The molecule has 5 nitrogen and oxygen atoms in total. The normalized spacial score (nSPS) is 20.8. The molecule has 0 saturated heterocycles. The molecule has 0 radical (unpaired) electrons. The summed E-state index contributed by atoms with van der Waals surface area (Å²) in [6, 6.07) is 7.81. The first-order valence-corrected chi connectivity index (χ1v) is 8.24. The molecule has 1 aromatic rings. The van der Waals surface area contributed by atoms with E-state index in [2.05, 4.69) is 10.6 Å². The number of anilines is 1. The van der Waals surface area contributed by atoms with Gasteiger partial charge in [-0.25, -0.2) is 0 Å². The Labute approximate surface area is 137 Å². The van der Waals surface area contributed by atoms with Crippen LogP contribution in [0.2, 0.25) is 0 Å². The zero-order chi connectivity index (χ0) is 16.7. The summed E-state index contributed by atoms with van der Waals surface area (Å²) in [6.45, 7) is 3.08. The maximum absolute atomic E-state index is 12.3. The van der Waals surface area contributed by atoms with Crippen molar-refractivity contribution in [1.29, 1.82) is 0 Å². The predicted octanol–water partition coefficient (Wildman–Crippen LogP) is 2.50. The summed E-state index contributed by atoms with van der Waals surface area (Å²) in [5, 5.41) is 5.86. The van der Waals surface area contributed by atoms with Crippen molar-refractivity contribution in [2.45, 2.75) is 32.6 Å². The van der Waals surface area contributed by atoms with Gasteiger partial charge in [0.2, 0.25) is 11.8 Å². The van der Waals surface area contributed by atoms with E-state index in [9.17, 15) is 9.59 Å². The number of carbonyl (C=O) groups is 2. The Kier molecular flexibility index (Phi) is 6.59. The minimum absolute atomic E-state index is 0.00135. The number of rotatable bonds is 6. The molecule has 0 spiro atoms. The SMILES string of the molecule is COCCNC(=O)C1CCC(C(=O)Nc2cccc(C)c2)CC1. The van der Waals surface area contributed by atoms with Crippen molar-refractivity contribution in [2.24, 2.45) is 11.8 Å². The van der Waals surface area contributed by atoms with Gasteiger partial charge in [-0.15, -0.1) is 0 Å². The molecule has 2 amide bonds. The molecule has 0 bridgehead atoms. The van der Waals surface area contributed by atoms with Gasteiger partial charge in [-0.2, -0.15) is 0 Å². The number of nitrogens with one attached hydrogen (secondary N) is 2. The fourth-order valence-corrected chi connectivity index (χ4v) is 3.01. The average molecular weight is 318 g/mol. The smallest absolute Gasteiger partial charge is 0.227 e. The van der Waals surface area contributed by atoms with Gasteiger partial charge in [0, 0.05) is 31.2 Å². The van der Waals surface area contributed by atoms with Crippen LogP contribution >= 0.6 is 0 Å². The number of amides is 2. The third-order valence-corrected chi connectivity index (χ3v) is 4.36. The van der Waals surface area contributed by atoms with E-state index in [1.165, 1.54) is 0 Å². The topological polar surface area (TPSA) is 67.4 Å². The van der Waals surface area contributed by atoms with Gasteiger partial charge in [-0.3, -0.25) is 9.59 Å². The van der Waals surface area contributed by atoms with Crippen molar-refractivity contribution in [1.82, 2.24) is 5.32 Å². The van der Waals surface area contributed by atoms with E-state index in [-0.39, 0.29) is 23.7 Å². The highest BCUT2D eigenvalue weighted by atomic mass is 16.5. The molecule has 0 heterocycles. The molecule has 0 unspecified atom stereocenters. The Balaban J connectivity index is 1.77. The molecule has 1 aromatic carbocycles. The Morgan fingerprint density at radius 1 is 1.13 bits per heavy atom. The maximum Gasteiger partial charge on any atom is 0.227 e. The van der Waals surface area contributed by atoms with Gasteiger partial charge in [-0.05, 0) is 50.3 Å². The van der Waals surface area contributed by atoms with Crippen molar-refractivity contribution in [2.75, 3.05) is 25.6 Å². The van der Waals surface area contributed by atoms with Gasteiger partial charge >= 0.3 is 0 Å². The highest BCUT2D eigenvalue weighted by Gasteiger charge is 2.29. The number of ether oxygens (including phenoxy) is 1. The van der Waals surface area contributed by atoms with Gasteiger partial charge < -0.3 is 15.4 Å². The molecule has 23 heavy (non-hydrogen) atoms. The molecule has 1 aliphatic rings. The monoisotopic (exact) mass is 318 g/mol. The zero-order valence-electron chi connectivity index (χ0n) is 13.9. The maximum atomic E-state index is 12.3. The van der Waals surface area contributed by atoms with E-state index in [0.29, 0.717) is 13.2 Å². The van der Waals surface area contributed by atoms with E-state index in [0.717, 1.165) is 36.9 Å². The lowest BCUT2D eigenvalue weighted by molar-refractivity contribution is -0.128. The van der Waals surface area contributed by atoms with Gasteiger partial charge in [0.25, 0.3) is 0 Å². The molecule has 0 aromatic heterocycles. The van der Waals surface area contributed by atoms with Crippen molar-refractivity contribution in [3.05, 3.63) is 29.8 Å². The van der Waals surface area contributed by atoms with Crippen LogP contribution < -0.4 is 10.6 Å². The van der Waals surface area contributed by atoms with E-state index in [1.807, 2.05) is 31.2 Å². The molecular weight excluding hydrogens is 292 g/mol. The third-order valence-electron chi connectivity index (χ3n) is 4.36. The molecule has 0 aliphatic heterocycles. The number of carbonyl (C=O) groups excluding carboxylic acids is 2. The van der Waals surface area contributed by atoms with Crippen LogP contribution in [0.1, 0.15) is 31.2 Å². The minimum Gasteiger partial charge on any atom is -0.383 e. The summed E-state index contributed by atoms with van der Waals surface area (Å²) >= 11 is 0. The first kappa shape index (κ1) is 17.5. The molecular formula is C18H26N2O3. The second-order valence-corrected chi connectivity index (χ2v) is 6.19. The van der Waals surface area contributed by atoms with Crippen molar-refractivity contribution >= 4 is 17.5 Å². The quantitative estimate of drug-likeness (QED) is 0.792. The molecule has 1 saturated carbocycles. The molecule has 0 atom stereocenters. The summed E-state index contributed by atoms with van der Waals surface area (Å²) in [7, 11) is 1.62. The predicted molar refractivity (Wildman–Crippen MR) is 90.1 cm³/mol. The summed E-state index contributed by atoms with van der Waals surface area (Å²) in [4.78, 5) is 24.3. The van der Waals surface area contributed by atoms with E-state index < -0.39 is 0 Å². The number of hydrogen-bond donors (Lipinski definition) is 2. The van der Waals surface area contributed by atoms with Crippen LogP contribution in [0.3, 0.4) is 0 Å². The fraction of sp³-hybridized carbons (Fsp3) is 0.556. The molecule has 5 heteroatoms. The van der Waals surface area contributed by atoms with Crippen LogP contribution in [0, 0.1) is 18.8 Å². The van der Waals surface area contributed by atoms with Crippen LogP contribution in [0.15, 0.2) is 24.3 Å². The van der Waals surface area contributed by atoms with E-state index >= 15 is 0 Å². The summed E-state index contributed by atoms with van der Waals surface area (Å²) in [5.74, 6) is 0.168. The second kappa shape index (κ2) is 8.67. The molecule has 1 aliphatic carbocycles. The lowest BCUT2D eigenvalue weighted by atomic mass is 9.81. The number of hydrogen-bond acceptors (Lipinski definition) is 3. The van der Waals surface area contributed by atoms with E-state index in [4.69, 9.17) is 4.74 Å². The summed E-state index contributed by atoms with van der Waals surface area (Å²) in [6.07, 6.45) is 3.06. The standard InChI is InChI=1S/C18H26N2O3/c1-13-4-3-5-16(12-13)20-18(22)15-8-6-14(7-9-15)17(21)19-10-11-23-2/h3-5,12,14-15H,6-11H2,1-2H3,(H,19,21)(H,20,22). The Morgan fingerprint density at radius 3 is 2.39 bits per heavy atom. The average Bonchev–Trinajstić information content (AvgIpc) is 2.55. The molecule has 126 valence electrons. The van der Waals surface area contributed by atoms with Crippen molar-refractivity contribution in [3.63, 3.8) is 0 Å². The van der Waals surface area contributed by atoms with Gasteiger partial charge in [0.05, 0.1) is 6.61 Å². The first-order valence-electron chi connectivity index (χ1n) is 8.24. The summed E-state index contributed by atoms with van der Waals surface area (Å²) in [5.41, 5.74) is 1.97. The van der Waals surface area contributed by atoms with Crippen LogP contribution in [0.25, 0.3) is 0 Å². The summed E-state index contributed by atoms with van der Waals surface area (Å²) < 4.78 is 4.93. The lowest BCUT2D eigenvalue weighted by Crippen LogP contribution is -2.36. The molecule has 1 fully saturated rings. The Bertz CT molecular complexity index is 537. The Morgan fingerprint density at radius 2 is 1.78 bits per heavy atom. The third kappa shape index (κ3) is 5.36. The van der Waals surface area contributed by atoms with Crippen LogP contribution in [0.4, 0.5) is 5.69 Å². The van der Waals surface area contributed by atoms with Crippen molar-refractivity contribution in [3.8, 4) is 0 Å². The number of methoxy groups -OCH3 is 1. The lowest BCUT2D eigenvalue weighted by Gasteiger charge is -2.27. The number of aryl methyl sites for hydroxylation is 1. The van der Waals surface area contributed by atoms with Crippen molar-refractivity contribution < 1.29 is 14.3 Å². The fourth-order valence-electron chi connectivity index (χ4n) is 3.01. The highest BCUT2D eigenvalue weighted by Crippen LogP contribution is 2.29. The highest BCUT2D eigenvalue weighted by molar-refractivity contribution is 5.92. The molecule has 2 rings (SSSR count). The number of benzene rings is 1. The van der Waals surface area contributed by atoms with Crippen LogP contribution in [-0.4, -0.2) is 32.1 Å². The van der Waals surface area contributed by atoms with Crippen LogP contribution in [-0.2, 0) is 14.3 Å². The van der Waals surface area contributed by atoms with E-state index in [1.54, 1.807) is 7.11 Å². The second-order valence-electron chi connectivity index (χ2n) is 6.19. The zero-order valence-corrected chi connectivity index (χ0v) is 13.9. The van der Waals surface area contributed by atoms with Gasteiger partial charge in [0.15, 0.2) is 0 Å². The molecule has 2 N–H and O–H groups in total.